The first-order chi connectivity index (χ1) is 14.2. The monoisotopic (exact) mass is 441 g/mol. The van der Waals surface area contributed by atoms with Crippen molar-refractivity contribution >= 4 is 21.6 Å². The van der Waals surface area contributed by atoms with Gasteiger partial charge in [0.2, 0.25) is 0 Å². The molecule has 1 heterocycles. The van der Waals surface area contributed by atoms with E-state index in [1.807, 2.05) is 19.9 Å². The lowest BCUT2D eigenvalue weighted by atomic mass is 9.36. The van der Waals surface area contributed by atoms with Crippen LogP contribution in [-0.4, -0.2) is 4.98 Å². The molecule has 1 aromatic carbocycles. The lowest BCUT2D eigenvalue weighted by Crippen LogP contribution is -2.58. The van der Waals surface area contributed by atoms with E-state index in [2.05, 4.69) is 78.6 Å². The first-order valence-corrected chi connectivity index (χ1v) is 13.4. The van der Waals surface area contributed by atoms with Gasteiger partial charge in [0.05, 0.1) is 15.2 Å². The van der Waals surface area contributed by atoms with Crippen LogP contribution in [0.3, 0.4) is 0 Å². The highest BCUT2D eigenvalue weighted by Gasteiger charge is 2.62. The van der Waals surface area contributed by atoms with Gasteiger partial charge in [0.1, 0.15) is 0 Å². The van der Waals surface area contributed by atoms with Crippen LogP contribution in [-0.2, 0) is 5.41 Å². The smallest absolute Gasteiger partial charge is 0.0992 e. The number of rotatable bonds is 0. The number of nitrogens with zero attached hydrogens (tertiary/aromatic N) is 1. The SMILES string of the molecule is CC.CC(C)(C)c1nc2ccccc2s1.CC12CC3CC(C)(C1)CC(C(C)(C)C)(C3)C2. The second-order valence-electron chi connectivity index (χ2n) is 13.4. The van der Waals surface area contributed by atoms with Gasteiger partial charge in [-0.1, -0.05) is 81.4 Å². The van der Waals surface area contributed by atoms with Gasteiger partial charge in [-0.15, -0.1) is 11.3 Å². The molecule has 1 aromatic heterocycles. The van der Waals surface area contributed by atoms with Crippen LogP contribution in [0.15, 0.2) is 24.3 Å². The van der Waals surface area contributed by atoms with E-state index in [1.165, 1.54) is 48.2 Å². The van der Waals surface area contributed by atoms with Crippen molar-refractivity contribution in [3.8, 4) is 0 Å². The van der Waals surface area contributed by atoms with Gasteiger partial charge >= 0.3 is 0 Å². The summed E-state index contributed by atoms with van der Waals surface area (Å²) in [6, 6.07) is 8.30. The molecule has 4 aliphatic carbocycles. The van der Waals surface area contributed by atoms with E-state index in [4.69, 9.17) is 0 Å². The Labute approximate surface area is 196 Å². The Kier molecular flexibility index (Phi) is 6.51. The van der Waals surface area contributed by atoms with Crippen molar-refractivity contribution in [1.29, 1.82) is 0 Å². The molecule has 2 aromatic rings. The molecule has 0 aliphatic heterocycles. The number of benzene rings is 1. The fraction of sp³-hybridized carbons (Fsp3) is 0.759. The number of aromatic nitrogens is 1. The number of hydrogen-bond acceptors (Lipinski definition) is 2. The molecule has 0 spiro atoms. The molecule has 0 N–H and O–H groups in total. The molecule has 4 aliphatic rings. The van der Waals surface area contributed by atoms with Crippen LogP contribution in [0, 0.1) is 27.6 Å². The lowest BCUT2D eigenvalue weighted by molar-refractivity contribution is -0.184. The van der Waals surface area contributed by atoms with Crippen LogP contribution in [0.2, 0.25) is 0 Å². The highest BCUT2D eigenvalue weighted by Crippen LogP contribution is 2.73. The van der Waals surface area contributed by atoms with Gasteiger partial charge < -0.3 is 0 Å². The fourth-order valence-corrected chi connectivity index (χ4v) is 8.50. The van der Waals surface area contributed by atoms with Crippen molar-refractivity contribution in [2.45, 2.75) is 113 Å². The summed E-state index contributed by atoms with van der Waals surface area (Å²) >= 11 is 1.79. The summed E-state index contributed by atoms with van der Waals surface area (Å²) in [5.74, 6) is 1.05. The van der Waals surface area contributed by atoms with Crippen molar-refractivity contribution in [1.82, 2.24) is 4.98 Å². The third-order valence-corrected chi connectivity index (χ3v) is 9.61. The van der Waals surface area contributed by atoms with E-state index < -0.39 is 0 Å². The summed E-state index contributed by atoms with van der Waals surface area (Å²) in [6.07, 6.45) is 9.11. The lowest BCUT2D eigenvalue weighted by Gasteiger charge is -2.69. The van der Waals surface area contributed by atoms with Crippen LogP contribution in [0.5, 0.6) is 0 Å². The summed E-state index contributed by atoms with van der Waals surface area (Å²) in [4.78, 5) is 4.60. The van der Waals surface area contributed by atoms with Crippen LogP contribution in [0.1, 0.15) is 113 Å². The molecule has 0 radical (unpaired) electrons. The Hall–Kier alpha value is -0.890. The zero-order valence-electron chi connectivity index (χ0n) is 22.0. The molecule has 6 rings (SSSR count). The molecule has 0 saturated heterocycles. The van der Waals surface area contributed by atoms with E-state index in [-0.39, 0.29) is 5.41 Å². The molecule has 174 valence electrons. The average Bonchev–Trinajstić information content (AvgIpc) is 3.05. The summed E-state index contributed by atoms with van der Waals surface area (Å²) in [5, 5.41) is 1.22. The fourth-order valence-electron chi connectivity index (χ4n) is 7.48. The van der Waals surface area contributed by atoms with Crippen molar-refractivity contribution in [3.05, 3.63) is 29.3 Å². The van der Waals surface area contributed by atoms with Crippen molar-refractivity contribution in [3.63, 3.8) is 0 Å². The molecule has 0 amide bonds. The van der Waals surface area contributed by atoms with Gasteiger partial charge in [0, 0.05) is 5.41 Å². The topological polar surface area (TPSA) is 12.9 Å². The standard InChI is InChI=1S/C16H28.C11H13NS.C2H6/c1-13(2,3)16-8-12-6-14(4,10-16)9-15(5,7-12)11-16;1-11(2,3)10-12-8-6-4-5-7-9(8)13-10;1-2/h12H,6-11H2,1-5H3;4-7H,1-3H3;1-2H3. The van der Waals surface area contributed by atoms with E-state index in [0.29, 0.717) is 21.7 Å². The number of thiazole rings is 1. The largest absolute Gasteiger partial charge is 0.241 e. The summed E-state index contributed by atoms with van der Waals surface area (Å²) in [7, 11) is 0. The highest BCUT2D eigenvalue weighted by atomic mass is 32.1. The maximum atomic E-state index is 4.60. The van der Waals surface area contributed by atoms with Gasteiger partial charge in [-0.3, -0.25) is 0 Å². The molecule has 4 fully saturated rings. The highest BCUT2D eigenvalue weighted by molar-refractivity contribution is 7.18. The quantitative estimate of drug-likeness (QED) is 0.396. The Balaban J connectivity index is 0.000000166. The normalized spacial score (nSPS) is 34.1. The zero-order chi connectivity index (χ0) is 23.3. The molecular weight excluding hydrogens is 394 g/mol. The maximum Gasteiger partial charge on any atom is 0.0992 e. The van der Waals surface area contributed by atoms with Crippen molar-refractivity contribution < 1.29 is 0 Å². The van der Waals surface area contributed by atoms with E-state index >= 15 is 0 Å². The molecular formula is C29H47NS. The minimum atomic E-state index is 0.170. The maximum absolute atomic E-state index is 4.60. The van der Waals surface area contributed by atoms with E-state index in [9.17, 15) is 0 Å². The van der Waals surface area contributed by atoms with Gasteiger partial charge in [-0.25, -0.2) is 4.98 Å². The molecule has 1 nitrogen and oxygen atoms in total. The summed E-state index contributed by atoms with van der Waals surface area (Å²) in [5.41, 5.74) is 3.83. The third-order valence-electron chi connectivity index (χ3n) is 8.15. The van der Waals surface area contributed by atoms with Crippen LogP contribution < -0.4 is 0 Å². The van der Waals surface area contributed by atoms with Crippen LogP contribution >= 0.6 is 11.3 Å². The molecule has 2 heteroatoms. The van der Waals surface area contributed by atoms with Crippen LogP contribution in [0.25, 0.3) is 10.2 Å². The van der Waals surface area contributed by atoms with Gasteiger partial charge in [-0.05, 0) is 78.2 Å². The second-order valence-corrected chi connectivity index (χ2v) is 14.4. The molecule has 2 atom stereocenters. The Morgan fingerprint density at radius 1 is 0.839 bits per heavy atom. The molecule has 4 bridgehead atoms. The number of para-hydroxylation sites is 1. The Bertz CT molecular complexity index is 842. The Morgan fingerprint density at radius 2 is 1.39 bits per heavy atom. The molecule has 2 unspecified atom stereocenters. The average molecular weight is 442 g/mol. The minimum absolute atomic E-state index is 0.170. The predicted octanol–water partition coefficient (Wildman–Crippen LogP) is 9.65. The van der Waals surface area contributed by atoms with Gasteiger partial charge in [0.25, 0.3) is 0 Å². The first-order valence-electron chi connectivity index (χ1n) is 12.6. The number of hydrogen-bond donors (Lipinski definition) is 0. The zero-order valence-corrected chi connectivity index (χ0v) is 22.8. The minimum Gasteiger partial charge on any atom is -0.241 e. The van der Waals surface area contributed by atoms with Crippen molar-refractivity contribution in [2.24, 2.45) is 27.6 Å². The third kappa shape index (κ3) is 4.90. The van der Waals surface area contributed by atoms with Crippen LogP contribution in [0.4, 0.5) is 0 Å². The summed E-state index contributed by atoms with van der Waals surface area (Å²) in [6.45, 7) is 23.2. The Morgan fingerprint density at radius 3 is 1.84 bits per heavy atom. The second kappa shape index (κ2) is 8.15. The van der Waals surface area contributed by atoms with E-state index in [0.717, 1.165) is 11.4 Å². The predicted molar refractivity (Wildman–Crippen MR) is 139 cm³/mol. The molecule has 4 saturated carbocycles. The first kappa shape index (κ1) is 24.7. The van der Waals surface area contributed by atoms with Gasteiger partial charge in [-0.2, -0.15) is 0 Å². The molecule has 31 heavy (non-hydrogen) atoms. The number of fused-ring (bicyclic) bond motifs is 1. The van der Waals surface area contributed by atoms with Crippen molar-refractivity contribution in [2.75, 3.05) is 0 Å². The van der Waals surface area contributed by atoms with Gasteiger partial charge in [0.15, 0.2) is 0 Å². The summed E-state index contributed by atoms with van der Waals surface area (Å²) < 4.78 is 1.28. The van der Waals surface area contributed by atoms with E-state index in [1.54, 1.807) is 11.3 Å².